The fourth-order valence-electron chi connectivity index (χ4n) is 3.14. The number of hydrogen-bond acceptors (Lipinski definition) is 2. The van der Waals surface area contributed by atoms with Gasteiger partial charge in [-0.15, -0.1) is 0 Å². The van der Waals surface area contributed by atoms with Crippen molar-refractivity contribution < 1.29 is 4.74 Å². The van der Waals surface area contributed by atoms with Gasteiger partial charge in [-0.1, -0.05) is 66.2 Å². The van der Waals surface area contributed by atoms with E-state index in [1.165, 1.54) is 16.3 Å². The van der Waals surface area contributed by atoms with E-state index in [9.17, 15) is 0 Å². The van der Waals surface area contributed by atoms with Crippen molar-refractivity contribution in [2.75, 3.05) is 0 Å². The smallest absolute Gasteiger partial charge is 0.108 e. The molecule has 1 heterocycles. The maximum Gasteiger partial charge on any atom is 0.108 e. The number of halogens is 1. The average molecular weight is 363 g/mol. The highest BCUT2D eigenvalue weighted by Crippen LogP contribution is 2.26. The first-order valence-electron chi connectivity index (χ1n) is 8.61. The van der Waals surface area contributed by atoms with E-state index in [0.717, 1.165) is 16.4 Å². The summed E-state index contributed by atoms with van der Waals surface area (Å²) in [4.78, 5) is 7.50. The van der Waals surface area contributed by atoms with Crippen LogP contribution in [-0.4, -0.2) is 9.97 Å². The van der Waals surface area contributed by atoms with Gasteiger partial charge in [0.2, 0.25) is 0 Å². The predicted octanol–water partition coefficient (Wildman–Crippen LogP) is 5.72. The summed E-state index contributed by atoms with van der Waals surface area (Å²) in [6.45, 7) is 0.537. The molecule has 1 atom stereocenters. The van der Waals surface area contributed by atoms with Crippen molar-refractivity contribution in [2.24, 2.45) is 0 Å². The summed E-state index contributed by atoms with van der Waals surface area (Å²) in [6, 6.07) is 22.5. The monoisotopic (exact) mass is 362 g/mol. The molecule has 0 saturated heterocycles. The van der Waals surface area contributed by atoms with Gasteiger partial charge in [0.25, 0.3) is 0 Å². The van der Waals surface area contributed by atoms with E-state index in [4.69, 9.17) is 16.3 Å². The number of benzene rings is 3. The molecule has 4 aromatic rings. The lowest BCUT2D eigenvalue weighted by Gasteiger charge is -2.18. The molecule has 3 aromatic carbocycles. The Hall–Kier alpha value is -2.62. The van der Waals surface area contributed by atoms with E-state index < -0.39 is 0 Å². The first kappa shape index (κ1) is 16.8. The standard InChI is InChI=1S/C22H19ClN2O/c23-19-10-8-17(9-11-19)21(14-22-24-12-13-25-22)26-15-18-6-3-5-16-4-1-2-7-20(16)18/h1-13,21H,14-15H2,(H,24,25). The third-order valence-corrected chi connectivity index (χ3v) is 4.75. The molecule has 0 spiro atoms. The van der Waals surface area contributed by atoms with Gasteiger partial charge in [0.1, 0.15) is 5.82 Å². The van der Waals surface area contributed by atoms with Crippen LogP contribution in [0, 0.1) is 0 Å². The molecule has 0 aliphatic carbocycles. The predicted molar refractivity (Wildman–Crippen MR) is 105 cm³/mol. The van der Waals surface area contributed by atoms with Crippen LogP contribution in [-0.2, 0) is 17.8 Å². The Bertz CT molecular complexity index is 975. The first-order valence-corrected chi connectivity index (χ1v) is 8.99. The van der Waals surface area contributed by atoms with Crippen LogP contribution in [0.3, 0.4) is 0 Å². The van der Waals surface area contributed by atoms with Crippen LogP contribution in [0.1, 0.15) is 23.1 Å². The minimum Gasteiger partial charge on any atom is -0.368 e. The molecule has 26 heavy (non-hydrogen) atoms. The SMILES string of the molecule is Clc1ccc(C(Cc2ncc[nH]2)OCc2cccc3ccccc23)cc1. The Kier molecular flexibility index (Phi) is 5.00. The van der Waals surface area contributed by atoms with Crippen molar-refractivity contribution in [3.63, 3.8) is 0 Å². The molecule has 0 fully saturated rings. The highest BCUT2D eigenvalue weighted by Gasteiger charge is 2.15. The van der Waals surface area contributed by atoms with Crippen LogP contribution >= 0.6 is 11.6 Å². The highest BCUT2D eigenvalue weighted by molar-refractivity contribution is 6.30. The Morgan fingerprint density at radius 1 is 0.962 bits per heavy atom. The highest BCUT2D eigenvalue weighted by atomic mass is 35.5. The zero-order valence-electron chi connectivity index (χ0n) is 14.2. The summed E-state index contributed by atoms with van der Waals surface area (Å²) >= 11 is 6.04. The molecule has 1 N–H and O–H groups in total. The number of nitrogens with zero attached hydrogens (tertiary/aromatic N) is 1. The third-order valence-electron chi connectivity index (χ3n) is 4.50. The van der Waals surface area contributed by atoms with Crippen LogP contribution < -0.4 is 0 Å². The number of H-pyrrole nitrogens is 1. The van der Waals surface area contributed by atoms with Crippen LogP contribution in [0.2, 0.25) is 5.02 Å². The summed E-state index contributed by atoms with van der Waals surface area (Å²) in [7, 11) is 0. The van der Waals surface area contributed by atoms with Gasteiger partial charge in [0.15, 0.2) is 0 Å². The Balaban J connectivity index is 1.58. The van der Waals surface area contributed by atoms with E-state index in [0.29, 0.717) is 13.0 Å². The Morgan fingerprint density at radius 2 is 1.77 bits per heavy atom. The molecule has 3 nitrogen and oxygen atoms in total. The van der Waals surface area contributed by atoms with Crippen LogP contribution in [0.5, 0.6) is 0 Å². The molecule has 1 unspecified atom stereocenters. The van der Waals surface area contributed by atoms with Crippen molar-refractivity contribution in [1.82, 2.24) is 9.97 Å². The number of fused-ring (bicyclic) bond motifs is 1. The molecular formula is C22H19ClN2O. The molecule has 0 bridgehead atoms. The largest absolute Gasteiger partial charge is 0.368 e. The fourth-order valence-corrected chi connectivity index (χ4v) is 3.27. The lowest BCUT2D eigenvalue weighted by Crippen LogP contribution is -2.09. The minimum atomic E-state index is -0.0996. The summed E-state index contributed by atoms with van der Waals surface area (Å²) < 4.78 is 6.33. The second-order valence-electron chi connectivity index (χ2n) is 6.23. The molecule has 0 saturated carbocycles. The summed E-state index contributed by atoms with van der Waals surface area (Å²) in [5.41, 5.74) is 2.27. The molecule has 130 valence electrons. The van der Waals surface area contributed by atoms with Gasteiger partial charge >= 0.3 is 0 Å². The summed E-state index contributed by atoms with van der Waals surface area (Å²) in [6.07, 6.45) is 4.18. The maximum absolute atomic E-state index is 6.33. The first-order chi connectivity index (χ1) is 12.8. The van der Waals surface area contributed by atoms with E-state index >= 15 is 0 Å². The van der Waals surface area contributed by atoms with Gasteiger partial charge in [0, 0.05) is 23.8 Å². The number of imidazole rings is 1. The van der Waals surface area contributed by atoms with Gasteiger partial charge in [-0.25, -0.2) is 4.98 Å². The van der Waals surface area contributed by atoms with E-state index in [-0.39, 0.29) is 6.10 Å². The van der Waals surface area contributed by atoms with Crippen molar-refractivity contribution in [3.05, 3.63) is 101 Å². The van der Waals surface area contributed by atoms with E-state index in [1.807, 2.05) is 30.5 Å². The lowest BCUT2D eigenvalue weighted by molar-refractivity contribution is 0.0394. The van der Waals surface area contributed by atoms with Crippen molar-refractivity contribution >= 4 is 22.4 Å². The number of aromatic nitrogens is 2. The van der Waals surface area contributed by atoms with Gasteiger partial charge in [-0.05, 0) is 34.0 Å². The number of rotatable bonds is 6. The van der Waals surface area contributed by atoms with Gasteiger partial charge in [-0.3, -0.25) is 0 Å². The van der Waals surface area contributed by atoms with Crippen LogP contribution in [0.4, 0.5) is 0 Å². The average Bonchev–Trinajstić information content (AvgIpc) is 3.19. The lowest BCUT2D eigenvalue weighted by atomic mass is 10.0. The van der Waals surface area contributed by atoms with Crippen LogP contribution in [0.25, 0.3) is 10.8 Å². The number of hydrogen-bond donors (Lipinski definition) is 1. The maximum atomic E-state index is 6.33. The molecule has 4 rings (SSSR count). The molecule has 0 aliphatic rings. The number of ether oxygens (including phenoxy) is 1. The van der Waals surface area contributed by atoms with Gasteiger partial charge in [-0.2, -0.15) is 0 Å². The molecule has 0 radical (unpaired) electrons. The van der Waals surface area contributed by atoms with Crippen LogP contribution in [0.15, 0.2) is 79.1 Å². The van der Waals surface area contributed by atoms with Gasteiger partial charge < -0.3 is 9.72 Å². The van der Waals surface area contributed by atoms with Crippen molar-refractivity contribution in [1.29, 1.82) is 0 Å². The molecule has 0 aliphatic heterocycles. The summed E-state index contributed by atoms with van der Waals surface area (Å²) in [5.74, 6) is 0.905. The Morgan fingerprint density at radius 3 is 2.58 bits per heavy atom. The zero-order chi connectivity index (χ0) is 17.8. The Labute approximate surface area is 157 Å². The number of nitrogens with one attached hydrogen (secondary N) is 1. The van der Waals surface area contributed by atoms with Crippen molar-refractivity contribution in [2.45, 2.75) is 19.1 Å². The molecular weight excluding hydrogens is 344 g/mol. The second-order valence-corrected chi connectivity index (χ2v) is 6.67. The second kappa shape index (κ2) is 7.73. The summed E-state index contributed by atoms with van der Waals surface area (Å²) in [5, 5.41) is 3.17. The number of aromatic amines is 1. The normalized spacial score (nSPS) is 12.3. The third kappa shape index (κ3) is 3.79. The topological polar surface area (TPSA) is 37.9 Å². The van der Waals surface area contributed by atoms with E-state index in [1.54, 1.807) is 6.20 Å². The quantitative estimate of drug-likeness (QED) is 0.476. The fraction of sp³-hybridized carbons (Fsp3) is 0.136. The van der Waals surface area contributed by atoms with E-state index in [2.05, 4.69) is 52.4 Å². The van der Waals surface area contributed by atoms with Gasteiger partial charge in [0.05, 0.1) is 12.7 Å². The molecule has 1 aromatic heterocycles. The minimum absolute atomic E-state index is 0.0996. The molecule has 0 amide bonds. The van der Waals surface area contributed by atoms with Crippen molar-refractivity contribution in [3.8, 4) is 0 Å². The molecule has 4 heteroatoms. The zero-order valence-corrected chi connectivity index (χ0v) is 15.0.